The molecule has 2 fully saturated rings. The molecule has 24 heavy (non-hydrogen) atoms. The molecule has 0 aromatic heterocycles. The molecule has 0 spiro atoms. The molecule has 1 aromatic rings. The number of nitro benzene ring substituents is 1. The highest BCUT2D eigenvalue weighted by atomic mass is 32.2. The molecule has 0 radical (unpaired) electrons. The van der Waals surface area contributed by atoms with E-state index in [-0.39, 0.29) is 34.0 Å². The van der Waals surface area contributed by atoms with E-state index in [2.05, 4.69) is 26.1 Å². The minimum absolute atomic E-state index is 0.0548. The number of nitro groups is 1. The Morgan fingerprint density at radius 2 is 2.08 bits per heavy atom. The normalized spacial score (nSPS) is 30.3. The van der Waals surface area contributed by atoms with Crippen LogP contribution in [0.3, 0.4) is 0 Å². The van der Waals surface area contributed by atoms with Crippen LogP contribution in [0.25, 0.3) is 0 Å². The first-order valence-corrected chi connectivity index (χ1v) is 9.56. The summed E-state index contributed by atoms with van der Waals surface area (Å²) in [4.78, 5) is 24.4. The molecule has 0 aliphatic heterocycles. The lowest BCUT2D eigenvalue weighted by atomic mass is 9.69. The van der Waals surface area contributed by atoms with E-state index in [1.54, 1.807) is 12.1 Å². The highest BCUT2D eigenvalue weighted by Crippen LogP contribution is 2.65. The third-order valence-corrected chi connectivity index (χ3v) is 7.47. The number of hydrogen-bond acceptors (Lipinski definition) is 4. The summed E-state index contributed by atoms with van der Waals surface area (Å²) in [6, 6.07) is 4.81. The molecule has 2 saturated carbocycles. The van der Waals surface area contributed by atoms with Gasteiger partial charge >= 0.3 is 0 Å². The Labute approximate surface area is 146 Å². The van der Waals surface area contributed by atoms with Crippen LogP contribution in [0.2, 0.25) is 0 Å². The summed E-state index contributed by atoms with van der Waals surface area (Å²) < 4.78 is 0. The van der Waals surface area contributed by atoms with Gasteiger partial charge in [0.05, 0.1) is 4.92 Å². The van der Waals surface area contributed by atoms with E-state index < -0.39 is 4.92 Å². The third kappa shape index (κ3) is 2.42. The second kappa shape index (κ2) is 5.76. The van der Waals surface area contributed by atoms with Gasteiger partial charge in [-0.1, -0.05) is 20.8 Å². The first kappa shape index (κ1) is 17.3. The SMILES string of the molecule is CSc1ccc([N+](=O)[O-])c(C(=O)NC2CC3CCC2(C)C3(C)C)c1. The van der Waals surface area contributed by atoms with Gasteiger partial charge in [0.2, 0.25) is 0 Å². The molecule has 3 atom stereocenters. The fourth-order valence-electron chi connectivity index (χ4n) is 4.64. The molecule has 0 heterocycles. The van der Waals surface area contributed by atoms with E-state index in [0.717, 1.165) is 17.7 Å². The van der Waals surface area contributed by atoms with Crippen molar-refractivity contribution in [2.24, 2.45) is 16.7 Å². The van der Waals surface area contributed by atoms with Gasteiger partial charge in [0.15, 0.2) is 0 Å². The summed E-state index contributed by atoms with van der Waals surface area (Å²) in [5.74, 6) is 0.285. The van der Waals surface area contributed by atoms with Gasteiger partial charge in [0, 0.05) is 17.0 Å². The molecular formula is C18H24N2O3S. The van der Waals surface area contributed by atoms with Crippen LogP contribution in [0.15, 0.2) is 23.1 Å². The van der Waals surface area contributed by atoms with Crippen LogP contribution in [0.4, 0.5) is 5.69 Å². The topological polar surface area (TPSA) is 72.2 Å². The van der Waals surface area contributed by atoms with E-state index in [9.17, 15) is 14.9 Å². The van der Waals surface area contributed by atoms with E-state index in [4.69, 9.17) is 0 Å². The zero-order valence-corrected chi connectivity index (χ0v) is 15.4. The summed E-state index contributed by atoms with van der Waals surface area (Å²) in [7, 11) is 0. The zero-order chi connectivity index (χ0) is 17.7. The van der Waals surface area contributed by atoms with Gasteiger partial charge in [-0.15, -0.1) is 11.8 Å². The van der Waals surface area contributed by atoms with Crippen LogP contribution in [0, 0.1) is 26.9 Å². The summed E-state index contributed by atoms with van der Waals surface area (Å²) in [6.45, 7) is 6.82. The van der Waals surface area contributed by atoms with Crippen LogP contribution >= 0.6 is 11.8 Å². The predicted molar refractivity (Wildman–Crippen MR) is 95.4 cm³/mol. The fourth-order valence-corrected chi connectivity index (χ4v) is 5.08. The Morgan fingerprint density at radius 3 is 2.58 bits per heavy atom. The molecule has 5 nitrogen and oxygen atoms in total. The summed E-state index contributed by atoms with van der Waals surface area (Å²) in [5, 5.41) is 14.4. The number of rotatable bonds is 4. The van der Waals surface area contributed by atoms with Crippen LogP contribution in [0.5, 0.6) is 0 Å². The van der Waals surface area contributed by atoms with Crippen molar-refractivity contribution >= 4 is 23.4 Å². The van der Waals surface area contributed by atoms with Crippen molar-refractivity contribution in [1.82, 2.24) is 5.32 Å². The number of carbonyl (C=O) groups is 1. The lowest BCUT2D eigenvalue weighted by molar-refractivity contribution is -0.385. The predicted octanol–water partition coefficient (Wildman–Crippen LogP) is 4.26. The van der Waals surface area contributed by atoms with Gasteiger partial charge in [0.25, 0.3) is 11.6 Å². The number of thioether (sulfide) groups is 1. The number of amides is 1. The number of carbonyl (C=O) groups excluding carboxylic acids is 1. The minimum Gasteiger partial charge on any atom is -0.349 e. The number of nitrogens with one attached hydrogen (secondary N) is 1. The quantitative estimate of drug-likeness (QED) is 0.501. The molecule has 2 aliphatic carbocycles. The molecule has 130 valence electrons. The van der Waals surface area contributed by atoms with E-state index in [0.29, 0.717) is 5.92 Å². The number of hydrogen-bond donors (Lipinski definition) is 1. The lowest BCUT2D eigenvalue weighted by Gasteiger charge is -2.39. The highest BCUT2D eigenvalue weighted by Gasteiger charge is 2.61. The second-order valence-corrected chi connectivity index (χ2v) is 8.66. The highest BCUT2D eigenvalue weighted by molar-refractivity contribution is 7.98. The zero-order valence-electron chi connectivity index (χ0n) is 14.6. The van der Waals surface area contributed by atoms with Gasteiger partial charge in [0.1, 0.15) is 5.56 Å². The molecule has 1 amide bonds. The summed E-state index contributed by atoms with van der Waals surface area (Å²) in [5.41, 5.74) is 0.283. The van der Waals surface area contributed by atoms with E-state index in [1.807, 2.05) is 6.26 Å². The van der Waals surface area contributed by atoms with Crippen molar-refractivity contribution in [2.75, 3.05) is 6.26 Å². The van der Waals surface area contributed by atoms with E-state index >= 15 is 0 Å². The molecule has 0 saturated heterocycles. The maximum Gasteiger partial charge on any atom is 0.282 e. The van der Waals surface area contributed by atoms with Gasteiger partial charge in [-0.2, -0.15) is 0 Å². The van der Waals surface area contributed by atoms with Crippen molar-refractivity contribution in [3.8, 4) is 0 Å². The fraction of sp³-hybridized carbons (Fsp3) is 0.611. The van der Waals surface area contributed by atoms with Gasteiger partial charge in [-0.25, -0.2) is 0 Å². The summed E-state index contributed by atoms with van der Waals surface area (Å²) >= 11 is 1.47. The molecule has 3 unspecified atom stereocenters. The largest absolute Gasteiger partial charge is 0.349 e. The Balaban J connectivity index is 1.88. The standard InChI is InChI=1S/C18H24N2O3S/c1-17(2)11-7-8-18(17,3)15(9-11)19-16(21)13-10-12(24-4)5-6-14(13)20(22)23/h5-6,10-11,15H,7-9H2,1-4H3,(H,19,21). The molecule has 6 heteroatoms. The Bertz CT molecular complexity index is 704. The lowest BCUT2D eigenvalue weighted by Crippen LogP contribution is -2.47. The van der Waals surface area contributed by atoms with Gasteiger partial charge in [-0.3, -0.25) is 14.9 Å². The first-order valence-electron chi connectivity index (χ1n) is 8.34. The van der Waals surface area contributed by atoms with Crippen molar-refractivity contribution in [1.29, 1.82) is 0 Å². The van der Waals surface area contributed by atoms with Crippen LogP contribution in [0.1, 0.15) is 50.4 Å². The Hall–Kier alpha value is -1.56. The Kier molecular flexibility index (Phi) is 4.14. The van der Waals surface area contributed by atoms with Crippen molar-refractivity contribution in [2.45, 2.75) is 51.0 Å². The molecule has 1 aromatic carbocycles. The number of fused-ring (bicyclic) bond motifs is 2. The summed E-state index contributed by atoms with van der Waals surface area (Å²) in [6.07, 6.45) is 5.16. The third-order valence-electron chi connectivity index (χ3n) is 6.74. The second-order valence-electron chi connectivity index (χ2n) is 7.78. The maximum atomic E-state index is 12.8. The van der Waals surface area contributed by atoms with Crippen molar-refractivity contribution in [3.63, 3.8) is 0 Å². The average molecular weight is 348 g/mol. The maximum absolute atomic E-state index is 12.8. The van der Waals surface area contributed by atoms with Crippen molar-refractivity contribution < 1.29 is 9.72 Å². The monoisotopic (exact) mass is 348 g/mol. The van der Waals surface area contributed by atoms with E-state index in [1.165, 1.54) is 24.2 Å². The Morgan fingerprint density at radius 1 is 1.38 bits per heavy atom. The number of nitrogens with zero attached hydrogens (tertiary/aromatic N) is 1. The first-order chi connectivity index (χ1) is 11.2. The molecule has 1 N–H and O–H groups in total. The molecular weight excluding hydrogens is 324 g/mol. The average Bonchev–Trinajstić information content (AvgIpc) is 2.87. The molecule has 3 rings (SSSR count). The van der Waals surface area contributed by atoms with Crippen molar-refractivity contribution in [3.05, 3.63) is 33.9 Å². The van der Waals surface area contributed by atoms with Crippen LogP contribution < -0.4 is 5.32 Å². The van der Waals surface area contributed by atoms with Crippen LogP contribution in [-0.4, -0.2) is 23.1 Å². The minimum atomic E-state index is -0.481. The number of benzene rings is 1. The van der Waals surface area contributed by atoms with Gasteiger partial charge < -0.3 is 5.32 Å². The molecule has 2 aliphatic rings. The van der Waals surface area contributed by atoms with Gasteiger partial charge in [-0.05, 0) is 54.4 Å². The molecule has 2 bridgehead atoms. The van der Waals surface area contributed by atoms with Crippen LogP contribution in [-0.2, 0) is 0 Å². The smallest absolute Gasteiger partial charge is 0.282 e.